The summed E-state index contributed by atoms with van der Waals surface area (Å²) in [6.07, 6.45) is 0. The molecule has 0 fully saturated rings. The zero-order valence-corrected chi connectivity index (χ0v) is 11.8. The first-order valence-corrected chi connectivity index (χ1v) is 6.98. The normalized spacial score (nSPS) is 10.3. The fourth-order valence-corrected chi connectivity index (χ4v) is 2.97. The second-order valence-electron chi connectivity index (χ2n) is 3.75. The number of nitrogens with one attached hydrogen (secondary N) is 1. The Kier molecular flexibility index (Phi) is 4.48. The SMILES string of the molecule is N#Cc1ccc(F)c(CNCc2cc(Br)cs2)c1. The van der Waals surface area contributed by atoms with Crippen LogP contribution in [0.3, 0.4) is 0 Å². The lowest BCUT2D eigenvalue weighted by molar-refractivity contribution is 0.589. The Morgan fingerprint density at radius 2 is 2.17 bits per heavy atom. The van der Waals surface area contributed by atoms with Crippen molar-refractivity contribution in [1.29, 1.82) is 5.26 Å². The van der Waals surface area contributed by atoms with E-state index < -0.39 is 0 Å². The number of nitriles is 1. The molecule has 2 rings (SSSR count). The smallest absolute Gasteiger partial charge is 0.127 e. The fourth-order valence-electron chi connectivity index (χ4n) is 1.55. The highest BCUT2D eigenvalue weighted by atomic mass is 79.9. The van der Waals surface area contributed by atoms with Gasteiger partial charge in [0.05, 0.1) is 11.6 Å². The van der Waals surface area contributed by atoms with Crippen molar-refractivity contribution in [3.8, 4) is 6.07 Å². The van der Waals surface area contributed by atoms with Crippen LogP contribution in [0.4, 0.5) is 4.39 Å². The minimum Gasteiger partial charge on any atom is -0.308 e. The zero-order chi connectivity index (χ0) is 13.0. The molecule has 1 N–H and O–H groups in total. The predicted octanol–water partition coefficient (Wildman–Crippen LogP) is 3.81. The molecule has 0 bridgehead atoms. The molecule has 0 atom stereocenters. The van der Waals surface area contributed by atoms with E-state index in [0.29, 0.717) is 24.2 Å². The highest BCUT2D eigenvalue weighted by molar-refractivity contribution is 9.10. The number of nitrogens with zero attached hydrogens (tertiary/aromatic N) is 1. The number of thiophene rings is 1. The minimum atomic E-state index is -0.283. The number of hydrogen-bond donors (Lipinski definition) is 1. The number of rotatable bonds is 4. The summed E-state index contributed by atoms with van der Waals surface area (Å²) in [5, 5.41) is 13.9. The van der Waals surface area contributed by atoms with Gasteiger partial charge in [-0.05, 0) is 40.2 Å². The average Bonchev–Trinajstić information content (AvgIpc) is 2.77. The molecule has 0 spiro atoms. The molecule has 0 saturated carbocycles. The van der Waals surface area contributed by atoms with Gasteiger partial charge in [-0.1, -0.05) is 0 Å². The Balaban J connectivity index is 1.96. The third-order valence-corrected chi connectivity index (χ3v) is 4.11. The largest absolute Gasteiger partial charge is 0.308 e. The monoisotopic (exact) mass is 324 g/mol. The van der Waals surface area contributed by atoms with Crippen molar-refractivity contribution in [2.75, 3.05) is 0 Å². The molecule has 0 radical (unpaired) electrons. The van der Waals surface area contributed by atoms with Crippen LogP contribution in [0.15, 0.2) is 34.1 Å². The maximum atomic E-state index is 13.5. The van der Waals surface area contributed by atoms with Gasteiger partial charge in [-0.15, -0.1) is 11.3 Å². The molecule has 5 heteroatoms. The van der Waals surface area contributed by atoms with Crippen LogP contribution in [0.25, 0.3) is 0 Å². The van der Waals surface area contributed by atoms with E-state index in [4.69, 9.17) is 5.26 Å². The molecule has 2 nitrogen and oxygen atoms in total. The molecule has 0 aliphatic carbocycles. The molecule has 0 saturated heterocycles. The maximum absolute atomic E-state index is 13.5. The second-order valence-corrected chi connectivity index (χ2v) is 5.66. The van der Waals surface area contributed by atoms with Crippen molar-refractivity contribution in [1.82, 2.24) is 5.32 Å². The summed E-state index contributed by atoms with van der Waals surface area (Å²) >= 11 is 5.03. The van der Waals surface area contributed by atoms with Gasteiger partial charge < -0.3 is 5.32 Å². The molecule has 0 unspecified atom stereocenters. The molecule has 0 amide bonds. The Labute approximate surface area is 117 Å². The van der Waals surface area contributed by atoms with E-state index in [1.807, 2.05) is 17.5 Å². The number of halogens is 2. The van der Waals surface area contributed by atoms with E-state index in [-0.39, 0.29) is 5.82 Å². The summed E-state index contributed by atoms with van der Waals surface area (Å²) in [5.41, 5.74) is 0.997. The third kappa shape index (κ3) is 3.39. The second kappa shape index (κ2) is 6.10. The van der Waals surface area contributed by atoms with E-state index in [0.717, 1.165) is 4.47 Å². The highest BCUT2D eigenvalue weighted by Gasteiger charge is 2.04. The molecule has 92 valence electrons. The highest BCUT2D eigenvalue weighted by Crippen LogP contribution is 2.19. The van der Waals surface area contributed by atoms with Gasteiger partial charge in [-0.2, -0.15) is 5.26 Å². The van der Waals surface area contributed by atoms with E-state index in [2.05, 4.69) is 21.2 Å². The first kappa shape index (κ1) is 13.2. The zero-order valence-electron chi connectivity index (χ0n) is 9.41. The van der Waals surface area contributed by atoms with Gasteiger partial charge in [0.2, 0.25) is 0 Å². The van der Waals surface area contributed by atoms with Gasteiger partial charge in [-0.25, -0.2) is 4.39 Å². The molecule has 1 aromatic carbocycles. The minimum absolute atomic E-state index is 0.283. The molecular formula is C13H10BrFN2S. The van der Waals surface area contributed by atoms with Crippen molar-refractivity contribution < 1.29 is 4.39 Å². The van der Waals surface area contributed by atoms with E-state index >= 15 is 0 Å². The van der Waals surface area contributed by atoms with Gasteiger partial charge in [0.25, 0.3) is 0 Å². The van der Waals surface area contributed by atoms with Crippen LogP contribution >= 0.6 is 27.3 Å². The average molecular weight is 325 g/mol. The predicted molar refractivity (Wildman–Crippen MR) is 73.7 cm³/mol. The first-order chi connectivity index (χ1) is 8.69. The summed E-state index contributed by atoms with van der Waals surface area (Å²) in [4.78, 5) is 1.18. The number of hydrogen-bond acceptors (Lipinski definition) is 3. The van der Waals surface area contributed by atoms with Crippen LogP contribution in [-0.2, 0) is 13.1 Å². The first-order valence-electron chi connectivity index (χ1n) is 5.31. The molecular weight excluding hydrogens is 315 g/mol. The van der Waals surface area contributed by atoms with Gasteiger partial charge in [0, 0.05) is 33.4 Å². The lowest BCUT2D eigenvalue weighted by atomic mass is 10.1. The van der Waals surface area contributed by atoms with Gasteiger partial charge in [0.1, 0.15) is 5.82 Å². The summed E-state index contributed by atoms with van der Waals surface area (Å²) in [7, 11) is 0. The summed E-state index contributed by atoms with van der Waals surface area (Å²) in [6.45, 7) is 1.10. The van der Waals surface area contributed by atoms with Gasteiger partial charge in [0.15, 0.2) is 0 Å². The van der Waals surface area contributed by atoms with Crippen LogP contribution in [0.5, 0.6) is 0 Å². The molecule has 18 heavy (non-hydrogen) atoms. The van der Waals surface area contributed by atoms with E-state index in [1.165, 1.54) is 17.0 Å². The quantitative estimate of drug-likeness (QED) is 0.928. The van der Waals surface area contributed by atoms with Crippen molar-refractivity contribution in [2.24, 2.45) is 0 Å². The fraction of sp³-hybridized carbons (Fsp3) is 0.154. The Morgan fingerprint density at radius 1 is 1.33 bits per heavy atom. The summed E-state index contributed by atoms with van der Waals surface area (Å²) < 4.78 is 14.5. The lowest BCUT2D eigenvalue weighted by Gasteiger charge is -2.05. The third-order valence-electron chi connectivity index (χ3n) is 2.41. The Hall–Kier alpha value is -1.22. The number of benzene rings is 1. The van der Waals surface area contributed by atoms with Crippen LogP contribution in [0.1, 0.15) is 16.0 Å². The Morgan fingerprint density at radius 3 is 2.83 bits per heavy atom. The summed E-state index contributed by atoms with van der Waals surface area (Å²) in [6, 6.07) is 8.42. The van der Waals surface area contributed by atoms with Crippen molar-refractivity contribution in [2.45, 2.75) is 13.1 Å². The maximum Gasteiger partial charge on any atom is 0.127 e. The van der Waals surface area contributed by atoms with Crippen LogP contribution < -0.4 is 5.32 Å². The van der Waals surface area contributed by atoms with Crippen molar-refractivity contribution >= 4 is 27.3 Å². The molecule has 0 aliphatic rings. The summed E-state index contributed by atoms with van der Waals surface area (Å²) in [5.74, 6) is -0.283. The van der Waals surface area contributed by atoms with Crippen LogP contribution in [0.2, 0.25) is 0 Å². The lowest BCUT2D eigenvalue weighted by Crippen LogP contribution is -2.13. The molecule has 2 aromatic rings. The van der Waals surface area contributed by atoms with Gasteiger partial charge in [-0.3, -0.25) is 0 Å². The molecule has 1 aromatic heterocycles. The van der Waals surface area contributed by atoms with Crippen molar-refractivity contribution in [3.63, 3.8) is 0 Å². The standard InChI is InChI=1S/C13H10BrFN2S/c14-11-4-12(18-8-11)7-17-6-10-3-9(5-16)1-2-13(10)15/h1-4,8,17H,6-7H2. The van der Waals surface area contributed by atoms with Gasteiger partial charge >= 0.3 is 0 Å². The van der Waals surface area contributed by atoms with E-state index in [9.17, 15) is 4.39 Å². The Bertz CT molecular complexity index is 589. The topological polar surface area (TPSA) is 35.8 Å². The van der Waals surface area contributed by atoms with E-state index in [1.54, 1.807) is 17.4 Å². The molecule has 0 aliphatic heterocycles. The molecule has 1 heterocycles. The van der Waals surface area contributed by atoms with Crippen molar-refractivity contribution in [3.05, 3.63) is 55.9 Å². The van der Waals surface area contributed by atoms with Crippen LogP contribution in [-0.4, -0.2) is 0 Å². The van der Waals surface area contributed by atoms with Crippen LogP contribution in [0, 0.1) is 17.1 Å².